The number of rotatable bonds is 3. The summed E-state index contributed by atoms with van der Waals surface area (Å²) >= 11 is 3.48. The van der Waals surface area contributed by atoms with E-state index in [1.54, 1.807) is 4.90 Å². The molecule has 0 spiro atoms. The second kappa shape index (κ2) is 6.58. The number of furan rings is 1. The number of piperidine rings is 1. The molecule has 0 radical (unpaired) electrons. The highest BCUT2D eigenvalue weighted by Crippen LogP contribution is 2.30. The molecule has 2 aromatic rings. The first-order valence-electron chi connectivity index (χ1n) is 7.42. The third-order valence-corrected chi connectivity index (χ3v) is 4.62. The van der Waals surface area contributed by atoms with E-state index >= 15 is 0 Å². The van der Waals surface area contributed by atoms with Crippen molar-refractivity contribution >= 4 is 27.8 Å². The summed E-state index contributed by atoms with van der Waals surface area (Å²) in [6.45, 7) is 1.28. The molecular formula is C17H16BrNO4. The summed E-state index contributed by atoms with van der Waals surface area (Å²) in [5.41, 5.74) is 1.28. The minimum absolute atomic E-state index is 0.0864. The maximum Gasteiger partial charge on any atom is 0.371 e. The number of hydrogen-bond donors (Lipinski definition) is 1. The van der Waals surface area contributed by atoms with Crippen molar-refractivity contribution in [2.24, 2.45) is 0 Å². The van der Waals surface area contributed by atoms with Crippen molar-refractivity contribution < 1.29 is 19.1 Å². The van der Waals surface area contributed by atoms with Crippen LogP contribution in [-0.2, 0) is 0 Å². The molecule has 0 atom stereocenters. The Morgan fingerprint density at radius 2 is 1.83 bits per heavy atom. The van der Waals surface area contributed by atoms with Crippen LogP contribution in [0.2, 0.25) is 0 Å². The quantitative estimate of drug-likeness (QED) is 0.883. The fraction of sp³-hybridized carbons (Fsp3) is 0.294. The average molecular weight is 378 g/mol. The van der Waals surface area contributed by atoms with E-state index < -0.39 is 5.97 Å². The summed E-state index contributed by atoms with van der Waals surface area (Å²) in [6.07, 6.45) is 1.77. The number of halogens is 1. The van der Waals surface area contributed by atoms with Gasteiger partial charge in [-0.25, -0.2) is 4.79 Å². The molecule has 23 heavy (non-hydrogen) atoms. The molecule has 1 amide bonds. The Balaban J connectivity index is 1.64. The standard InChI is InChI=1S/C17H16BrNO4/c18-13-3-1-2-12(10-13)11-6-8-19(9-7-11)16(20)14-4-5-15(23-14)17(21)22/h1-5,10-11H,6-9H2,(H,21,22). The van der Waals surface area contributed by atoms with Crippen molar-refractivity contribution in [3.05, 3.63) is 58.0 Å². The molecule has 0 unspecified atom stereocenters. The van der Waals surface area contributed by atoms with Gasteiger partial charge in [0.1, 0.15) is 0 Å². The molecular weight excluding hydrogens is 362 g/mol. The monoisotopic (exact) mass is 377 g/mol. The van der Waals surface area contributed by atoms with E-state index in [2.05, 4.69) is 28.1 Å². The van der Waals surface area contributed by atoms with Crippen molar-refractivity contribution in [1.29, 1.82) is 0 Å². The van der Waals surface area contributed by atoms with Gasteiger partial charge in [0, 0.05) is 17.6 Å². The van der Waals surface area contributed by atoms with Crippen LogP contribution < -0.4 is 0 Å². The van der Waals surface area contributed by atoms with Gasteiger partial charge in [0.15, 0.2) is 5.76 Å². The number of carbonyl (C=O) groups excluding carboxylic acids is 1. The molecule has 1 saturated heterocycles. The van der Waals surface area contributed by atoms with E-state index in [1.165, 1.54) is 17.7 Å². The Morgan fingerprint density at radius 3 is 2.43 bits per heavy atom. The number of hydrogen-bond acceptors (Lipinski definition) is 3. The summed E-state index contributed by atoms with van der Waals surface area (Å²) in [7, 11) is 0. The van der Waals surface area contributed by atoms with E-state index in [4.69, 9.17) is 9.52 Å². The zero-order valence-corrected chi connectivity index (χ0v) is 14.0. The summed E-state index contributed by atoms with van der Waals surface area (Å²) in [5, 5.41) is 8.85. The molecule has 1 aliphatic rings. The summed E-state index contributed by atoms with van der Waals surface area (Å²) in [6, 6.07) is 11.0. The van der Waals surface area contributed by atoms with Gasteiger partial charge in [0.05, 0.1) is 0 Å². The summed E-state index contributed by atoms with van der Waals surface area (Å²) in [4.78, 5) is 24.9. The van der Waals surface area contributed by atoms with Crippen molar-refractivity contribution in [2.75, 3.05) is 13.1 Å². The molecule has 0 saturated carbocycles. The summed E-state index contributed by atoms with van der Waals surface area (Å²) in [5.74, 6) is -1.11. The molecule has 2 heterocycles. The van der Waals surface area contributed by atoms with Crippen LogP contribution in [0.1, 0.15) is 45.4 Å². The highest BCUT2D eigenvalue weighted by molar-refractivity contribution is 9.10. The molecule has 1 aromatic heterocycles. The van der Waals surface area contributed by atoms with Crippen LogP contribution in [0.4, 0.5) is 0 Å². The number of carboxylic acid groups (broad SMARTS) is 1. The van der Waals surface area contributed by atoms with Gasteiger partial charge in [0.2, 0.25) is 5.76 Å². The van der Waals surface area contributed by atoms with Crippen LogP contribution in [-0.4, -0.2) is 35.0 Å². The first-order valence-corrected chi connectivity index (χ1v) is 8.22. The Morgan fingerprint density at radius 1 is 1.13 bits per heavy atom. The lowest BCUT2D eigenvalue weighted by atomic mass is 9.89. The van der Waals surface area contributed by atoms with E-state index in [1.807, 2.05) is 12.1 Å². The number of carbonyl (C=O) groups is 2. The molecule has 5 nitrogen and oxygen atoms in total. The second-order valence-electron chi connectivity index (χ2n) is 5.59. The minimum atomic E-state index is -1.17. The van der Waals surface area contributed by atoms with Gasteiger partial charge in [-0.15, -0.1) is 0 Å². The predicted octanol–water partition coefficient (Wildman–Crippen LogP) is 3.76. The van der Waals surface area contributed by atoms with Gasteiger partial charge in [-0.2, -0.15) is 0 Å². The van der Waals surface area contributed by atoms with Gasteiger partial charge in [-0.3, -0.25) is 4.79 Å². The van der Waals surface area contributed by atoms with Gasteiger partial charge in [0.25, 0.3) is 5.91 Å². The second-order valence-corrected chi connectivity index (χ2v) is 6.51. The van der Waals surface area contributed by atoms with E-state index in [9.17, 15) is 9.59 Å². The molecule has 6 heteroatoms. The lowest BCUT2D eigenvalue weighted by Gasteiger charge is -2.31. The summed E-state index contributed by atoms with van der Waals surface area (Å²) < 4.78 is 6.15. The zero-order valence-electron chi connectivity index (χ0n) is 12.4. The van der Waals surface area contributed by atoms with Crippen LogP contribution in [0.15, 0.2) is 45.3 Å². The van der Waals surface area contributed by atoms with Gasteiger partial charge in [-0.1, -0.05) is 28.1 Å². The van der Waals surface area contributed by atoms with Crippen molar-refractivity contribution in [1.82, 2.24) is 4.90 Å². The van der Waals surface area contributed by atoms with E-state index in [-0.39, 0.29) is 17.4 Å². The lowest BCUT2D eigenvalue weighted by Crippen LogP contribution is -2.37. The fourth-order valence-corrected chi connectivity index (χ4v) is 3.32. The molecule has 1 aliphatic heterocycles. The molecule has 3 rings (SSSR count). The first kappa shape index (κ1) is 15.8. The minimum Gasteiger partial charge on any atom is -0.475 e. The SMILES string of the molecule is O=C(O)c1ccc(C(=O)N2CCC(c3cccc(Br)c3)CC2)o1. The van der Waals surface area contributed by atoms with Crippen molar-refractivity contribution in [2.45, 2.75) is 18.8 Å². The Hall–Kier alpha value is -2.08. The van der Waals surface area contributed by atoms with Crippen LogP contribution in [0.5, 0.6) is 0 Å². The van der Waals surface area contributed by atoms with Crippen molar-refractivity contribution in [3.63, 3.8) is 0 Å². The predicted molar refractivity (Wildman–Crippen MR) is 87.7 cm³/mol. The van der Waals surface area contributed by atoms with Crippen LogP contribution in [0.25, 0.3) is 0 Å². The molecule has 120 valence electrons. The fourth-order valence-electron chi connectivity index (χ4n) is 2.90. The first-order chi connectivity index (χ1) is 11.0. The van der Waals surface area contributed by atoms with Crippen LogP contribution in [0, 0.1) is 0 Å². The highest BCUT2D eigenvalue weighted by atomic mass is 79.9. The third kappa shape index (κ3) is 3.47. The number of likely N-dealkylation sites (tertiary alicyclic amines) is 1. The highest BCUT2D eigenvalue weighted by Gasteiger charge is 2.26. The Kier molecular flexibility index (Phi) is 4.52. The number of carboxylic acids is 1. The van der Waals surface area contributed by atoms with Gasteiger partial charge >= 0.3 is 5.97 Å². The largest absolute Gasteiger partial charge is 0.475 e. The molecule has 0 bridgehead atoms. The molecule has 1 fully saturated rings. The Bertz CT molecular complexity index is 732. The maximum absolute atomic E-state index is 12.4. The molecule has 0 aliphatic carbocycles. The molecule has 1 aromatic carbocycles. The number of benzene rings is 1. The van der Waals surface area contributed by atoms with Crippen molar-refractivity contribution in [3.8, 4) is 0 Å². The normalized spacial score (nSPS) is 15.6. The van der Waals surface area contributed by atoms with Crippen LogP contribution in [0.3, 0.4) is 0 Å². The maximum atomic E-state index is 12.4. The van der Waals surface area contributed by atoms with Gasteiger partial charge < -0.3 is 14.4 Å². The number of nitrogens with zero attached hydrogens (tertiary/aromatic N) is 1. The van der Waals surface area contributed by atoms with Gasteiger partial charge in [-0.05, 0) is 48.6 Å². The van der Waals surface area contributed by atoms with E-state index in [0.29, 0.717) is 19.0 Å². The lowest BCUT2D eigenvalue weighted by molar-refractivity contribution is 0.0639. The number of amides is 1. The van der Waals surface area contributed by atoms with Crippen LogP contribution >= 0.6 is 15.9 Å². The van der Waals surface area contributed by atoms with E-state index in [0.717, 1.165) is 17.3 Å². The number of aromatic carboxylic acids is 1. The smallest absolute Gasteiger partial charge is 0.371 e. The molecule has 1 N–H and O–H groups in total. The average Bonchev–Trinajstić information content (AvgIpc) is 3.04. The third-order valence-electron chi connectivity index (χ3n) is 4.13. The Labute approximate surface area is 142 Å². The zero-order chi connectivity index (χ0) is 16.4. The topological polar surface area (TPSA) is 70.8 Å².